The molecule has 1 saturated heterocycles. The van der Waals surface area contributed by atoms with Gasteiger partial charge in [-0.2, -0.15) is 0 Å². The molecule has 0 spiro atoms. The summed E-state index contributed by atoms with van der Waals surface area (Å²) in [7, 11) is 0. The molecule has 1 aromatic carbocycles. The number of pyridine rings is 1. The highest BCUT2D eigenvalue weighted by Crippen LogP contribution is 2.29. The normalized spacial score (nSPS) is 14.5. The fourth-order valence-corrected chi connectivity index (χ4v) is 4.33. The van der Waals surface area contributed by atoms with Gasteiger partial charge < -0.3 is 10.2 Å². The number of hydrogen-bond donors (Lipinski definition) is 1. The molecule has 2 aromatic heterocycles. The van der Waals surface area contributed by atoms with Gasteiger partial charge in [-0.05, 0) is 37.1 Å². The second-order valence-corrected chi connectivity index (χ2v) is 8.39. The largest absolute Gasteiger partial charge is 0.338 e. The van der Waals surface area contributed by atoms with Crippen molar-refractivity contribution in [3.63, 3.8) is 0 Å². The van der Waals surface area contributed by atoms with E-state index in [0.29, 0.717) is 52.2 Å². The summed E-state index contributed by atoms with van der Waals surface area (Å²) in [5.74, 6) is -0.368. The summed E-state index contributed by atoms with van der Waals surface area (Å²) in [5.41, 5.74) is 0.382. The average molecular weight is 445 g/mol. The van der Waals surface area contributed by atoms with Crippen LogP contribution in [0.4, 0.5) is 10.2 Å². The van der Waals surface area contributed by atoms with Crippen molar-refractivity contribution < 1.29 is 14.0 Å². The van der Waals surface area contributed by atoms with Crippen molar-refractivity contribution in [2.24, 2.45) is 5.92 Å². The number of benzene rings is 1. The Morgan fingerprint density at radius 2 is 1.87 bits per heavy atom. The Bertz CT molecular complexity index is 1060. The lowest BCUT2D eigenvalue weighted by molar-refractivity contribution is -0.121. The van der Waals surface area contributed by atoms with Crippen molar-refractivity contribution in [2.45, 2.75) is 12.8 Å². The van der Waals surface area contributed by atoms with E-state index in [4.69, 9.17) is 11.6 Å². The zero-order valence-corrected chi connectivity index (χ0v) is 17.4. The van der Waals surface area contributed by atoms with Gasteiger partial charge in [-0.3, -0.25) is 9.59 Å². The van der Waals surface area contributed by atoms with Crippen LogP contribution < -0.4 is 5.32 Å². The third-order valence-corrected chi connectivity index (χ3v) is 6.19. The molecule has 9 heteroatoms. The average Bonchev–Trinajstić information content (AvgIpc) is 3.25. The van der Waals surface area contributed by atoms with Crippen LogP contribution in [0.15, 0.2) is 48.8 Å². The van der Waals surface area contributed by atoms with Gasteiger partial charge in [0.25, 0.3) is 5.91 Å². The van der Waals surface area contributed by atoms with E-state index in [2.05, 4.69) is 15.3 Å². The minimum Gasteiger partial charge on any atom is -0.338 e. The molecule has 3 heterocycles. The van der Waals surface area contributed by atoms with E-state index in [1.807, 2.05) is 0 Å². The molecule has 4 rings (SSSR count). The highest BCUT2D eigenvalue weighted by molar-refractivity contribution is 7.16. The SMILES string of the molecule is O=C(Nc1ccc(Cl)cn1)C1CCN(C(=O)c2cnc(-c3ccccc3F)s2)CC1. The summed E-state index contributed by atoms with van der Waals surface area (Å²) < 4.78 is 14.0. The molecule has 1 aliphatic rings. The molecular weight excluding hydrogens is 427 g/mol. The maximum atomic E-state index is 14.0. The Morgan fingerprint density at radius 3 is 2.57 bits per heavy atom. The fraction of sp³-hybridized carbons (Fsp3) is 0.238. The molecular formula is C21H18ClFN4O2S. The maximum absolute atomic E-state index is 14.0. The van der Waals surface area contributed by atoms with E-state index in [1.165, 1.54) is 29.8 Å². The smallest absolute Gasteiger partial charge is 0.265 e. The molecule has 1 N–H and O–H groups in total. The number of aromatic nitrogens is 2. The highest BCUT2D eigenvalue weighted by Gasteiger charge is 2.29. The molecule has 0 radical (unpaired) electrons. The molecule has 154 valence electrons. The first kappa shape index (κ1) is 20.4. The van der Waals surface area contributed by atoms with Gasteiger partial charge >= 0.3 is 0 Å². The van der Waals surface area contributed by atoms with Crippen molar-refractivity contribution in [3.05, 3.63) is 64.5 Å². The van der Waals surface area contributed by atoms with Crippen LogP contribution in [0.1, 0.15) is 22.5 Å². The summed E-state index contributed by atoms with van der Waals surface area (Å²) in [6.45, 7) is 0.940. The maximum Gasteiger partial charge on any atom is 0.265 e. The van der Waals surface area contributed by atoms with Gasteiger partial charge in [0.1, 0.15) is 21.5 Å². The first-order chi connectivity index (χ1) is 14.5. The first-order valence-electron chi connectivity index (χ1n) is 9.43. The van der Waals surface area contributed by atoms with Crippen molar-refractivity contribution in [1.29, 1.82) is 0 Å². The number of rotatable bonds is 4. The Hall–Kier alpha value is -2.84. The molecule has 1 aliphatic heterocycles. The molecule has 30 heavy (non-hydrogen) atoms. The lowest BCUT2D eigenvalue weighted by Gasteiger charge is -2.30. The zero-order chi connectivity index (χ0) is 21.1. The molecule has 0 saturated carbocycles. The van der Waals surface area contributed by atoms with Crippen LogP contribution in [-0.2, 0) is 4.79 Å². The van der Waals surface area contributed by atoms with Gasteiger partial charge in [0, 0.05) is 30.8 Å². The zero-order valence-electron chi connectivity index (χ0n) is 15.8. The Balaban J connectivity index is 1.35. The lowest BCUT2D eigenvalue weighted by Crippen LogP contribution is -2.41. The van der Waals surface area contributed by atoms with Crippen LogP contribution >= 0.6 is 22.9 Å². The third kappa shape index (κ3) is 4.49. The topological polar surface area (TPSA) is 75.2 Å². The quantitative estimate of drug-likeness (QED) is 0.643. The van der Waals surface area contributed by atoms with E-state index < -0.39 is 0 Å². The van der Waals surface area contributed by atoms with Gasteiger partial charge in [0.15, 0.2) is 0 Å². The van der Waals surface area contributed by atoms with Crippen LogP contribution in [0.3, 0.4) is 0 Å². The molecule has 0 aliphatic carbocycles. The van der Waals surface area contributed by atoms with Crippen molar-refractivity contribution in [3.8, 4) is 10.6 Å². The van der Waals surface area contributed by atoms with Crippen molar-refractivity contribution >= 4 is 40.6 Å². The van der Waals surface area contributed by atoms with E-state index in [-0.39, 0.29) is 23.5 Å². The van der Waals surface area contributed by atoms with Crippen LogP contribution in [0.5, 0.6) is 0 Å². The van der Waals surface area contributed by atoms with Gasteiger partial charge in [-0.15, -0.1) is 11.3 Å². The second-order valence-electron chi connectivity index (χ2n) is 6.93. The molecule has 0 atom stereocenters. The molecule has 6 nitrogen and oxygen atoms in total. The molecule has 0 bridgehead atoms. The summed E-state index contributed by atoms with van der Waals surface area (Å²) in [5, 5.41) is 3.76. The van der Waals surface area contributed by atoms with Crippen LogP contribution in [0.25, 0.3) is 10.6 Å². The predicted molar refractivity (Wildman–Crippen MR) is 114 cm³/mol. The number of nitrogens with zero attached hydrogens (tertiary/aromatic N) is 3. The predicted octanol–water partition coefficient (Wildman–Crippen LogP) is 4.49. The number of hydrogen-bond acceptors (Lipinski definition) is 5. The summed E-state index contributed by atoms with van der Waals surface area (Å²) in [4.78, 5) is 35.7. The monoisotopic (exact) mass is 444 g/mol. The Kier molecular flexibility index (Phi) is 6.06. The number of carbonyl (C=O) groups is 2. The minimum absolute atomic E-state index is 0.114. The molecule has 1 fully saturated rings. The van der Waals surface area contributed by atoms with Crippen LogP contribution in [-0.4, -0.2) is 39.8 Å². The third-order valence-electron chi connectivity index (χ3n) is 4.95. The van der Waals surface area contributed by atoms with E-state index in [1.54, 1.807) is 35.2 Å². The number of likely N-dealkylation sites (tertiary alicyclic amines) is 1. The standard InChI is InChI=1S/C21H18ClFN4O2S/c22-14-5-6-18(24-11-14)26-19(28)13-7-9-27(10-8-13)21(29)17-12-25-20(30-17)15-3-1-2-4-16(15)23/h1-6,11-13H,7-10H2,(H,24,26,28). The van der Waals surface area contributed by atoms with Gasteiger partial charge in [0.05, 0.1) is 11.2 Å². The lowest BCUT2D eigenvalue weighted by atomic mass is 9.96. The van der Waals surface area contributed by atoms with Crippen LogP contribution in [0.2, 0.25) is 5.02 Å². The second kappa shape index (κ2) is 8.89. The number of anilines is 1. The number of halogens is 2. The number of carbonyl (C=O) groups excluding carboxylic acids is 2. The number of amides is 2. The van der Waals surface area contributed by atoms with Gasteiger partial charge in [-0.25, -0.2) is 14.4 Å². The minimum atomic E-state index is -0.368. The van der Waals surface area contributed by atoms with Crippen molar-refractivity contribution in [2.75, 3.05) is 18.4 Å². The molecule has 0 unspecified atom stereocenters. The highest BCUT2D eigenvalue weighted by atomic mass is 35.5. The summed E-state index contributed by atoms with van der Waals surface area (Å²) in [6.07, 6.45) is 4.08. The number of nitrogens with one attached hydrogen (secondary N) is 1. The fourth-order valence-electron chi connectivity index (χ4n) is 3.31. The van der Waals surface area contributed by atoms with E-state index >= 15 is 0 Å². The Labute approximate surface area is 181 Å². The summed E-state index contributed by atoms with van der Waals surface area (Å²) >= 11 is 6.97. The Morgan fingerprint density at radius 1 is 1.10 bits per heavy atom. The van der Waals surface area contributed by atoms with Gasteiger partial charge in [-0.1, -0.05) is 23.7 Å². The van der Waals surface area contributed by atoms with E-state index in [9.17, 15) is 14.0 Å². The summed E-state index contributed by atoms with van der Waals surface area (Å²) in [6, 6.07) is 9.67. The van der Waals surface area contributed by atoms with Crippen LogP contribution in [0, 0.1) is 11.7 Å². The molecule has 3 aromatic rings. The van der Waals surface area contributed by atoms with Gasteiger partial charge in [0.2, 0.25) is 5.91 Å². The molecule has 2 amide bonds. The number of thiazole rings is 1. The van der Waals surface area contributed by atoms with E-state index in [0.717, 1.165) is 0 Å². The van der Waals surface area contributed by atoms with Crippen molar-refractivity contribution in [1.82, 2.24) is 14.9 Å². The first-order valence-corrected chi connectivity index (χ1v) is 10.6. The number of piperidine rings is 1.